The first-order valence-electron chi connectivity index (χ1n) is 5.14. The summed E-state index contributed by atoms with van der Waals surface area (Å²) < 4.78 is 5.71. The van der Waals surface area contributed by atoms with Gasteiger partial charge in [0, 0.05) is 0 Å². The van der Waals surface area contributed by atoms with Gasteiger partial charge >= 0.3 is 0 Å². The van der Waals surface area contributed by atoms with Gasteiger partial charge in [0.1, 0.15) is 5.75 Å². The van der Waals surface area contributed by atoms with Gasteiger partial charge in [-0.3, -0.25) is 0 Å². The van der Waals surface area contributed by atoms with Gasteiger partial charge in [0.2, 0.25) is 0 Å². The lowest BCUT2D eigenvalue weighted by molar-refractivity contribution is 0.185. The molecule has 2 unspecified atom stereocenters. The number of ether oxygens (including phenoxy) is 1. The van der Waals surface area contributed by atoms with Crippen LogP contribution in [0, 0.1) is 0 Å². The molecule has 0 radical (unpaired) electrons. The molecule has 2 rings (SSSR count). The number of aryl methyl sites for hydroxylation is 1. The minimum Gasteiger partial charge on any atom is -0.490 e. The van der Waals surface area contributed by atoms with Crippen molar-refractivity contribution < 1.29 is 9.84 Å². The minimum atomic E-state index is -0.416. The molecular weight excluding hydrogens is 176 g/mol. The molecular formula is C12H16O2. The second kappa shape index (κ2) is 3.62. The largest absolute Gasteiger partial charge is 0.490 e. The van der Waals surface area contributed by atoms with Crippen molar-refractivity contribution in [1.82, 2.24) is 0 Å². The van der Waals surface area contributed by atoms with Crippen molar-refractivity contribution in [3.63, 3.8) is 0 Å². The van der Waals surface area contributed by atoms with E-state index in [0.717, 1.165) is 24.2 Å². The van der Waals surface area contributed by atoms with Crippen molar-refractivity contribution in [2.75, 3.05) is 0 Å². The Kier molecular flexibility index (Phi) is 2.46. The van der Waals surface area contributed by atoms with Crippen LogP contribution in [0.4, 0.5) is 0 Å². The highest BCUT2D eigenvalue weighted by atomic mass is 16.5. The number of hydrogen-bond acceptors (Lipinski definition) is 2. The molecule has 0 saturated heterocycles. The molecule has 14 heavy (non-hydrogen) atoms. The summed E-state index contributed by atoms with van der Waals surface area (Å²) >= 11 is 0. The van der Waals surface area contributed by atoms with Crippen molar-refractivity contribution in [2.24, 2.45) is 0 Å². The van der Waals surface area contributed by atoms with Crippen LogP contribution >= 0.6 is 0 Å². The summed E-state index contributed by atoms with van der Waals surface area (Å²) in [5.41, 5.74) is 2.19. The maximum atomic E-state index is 9.44. The van der Waals surface area contributed by atoms with E-state index in [1.54, 1.807) is 6.92 Å². The van der Waals surface area contributed by atoms with Gasteiger partial charge in [0.15, 0.2) is 0 Å². The fourth-order valence-electron chi connectivity index (χ4n) is 1.78. The summed E-state index contributed by atoms with van der Waals surface area (Å²) in [5.74, 6) is 0.946. The smallest absolute Gasteiger partial charge is 0.123 e. The maximum Gasteiger partial charge on any atom is 0.123 e. The average Bonchev–Trinajstić information content (AvgIpc) is 2.16. The topological polar surface area (TPSA) is 29.5 Å². The first-order valence-corrected chi connectivity index (χ1v) is 5.14. The molecule has 1 heterocycles. The molecule has 1 aromatic rings. The Bertz CT molecular complexity index is 331. The molecule has 1 N–H and O–H groups in total. The van der Waals surface area contributed by atoms with E-state index >= 15 is 0 Å². The molecule has 1 aliphatic heterocycles. The highest BCUT2D eigenvalue weighted by molar-refractivity contribution is 5.39. The summed E-state index contributed by atoms with van der Waals surface area (Å²) in [6, 6.07) is 5.99. The maximum absolute atomic E-state index is 9.44. The van der Waals surface area contributed by atoms with E-state index in [2.05, 4.69) is 13.0 Å². The van der Waals surface area contributed by atoms with Crippen LogP contribution < -0.4 is 4.74 Å². The molecule has 2 heteroatoms. The lowest BCUT2D eigenvalue weighted by Gasteiger charge is -2.24. The lowest BCUT2D eigenvalue weighted by atomic mass is 10.00. The Labute approximate surface area is 84.5 Å². The molecule has 0 aromatic heterocycles. The van der Waals surface area contributed by atoms with Gasteiger partial charge in [-0.1, -0.05) is 12.1 Å². The third kappa shape index (κ3) is 1.75. The van der Waals surface area contributed by atoms with Crippen LogP contribution in [0.1, 0.15) is 37.5 Å². The van der Waals surface area contributed by atoms with Crippen LogP contribution in [0.25, 0.3) is 0 Å². The van der Waals surface area contributed by atoms with Gasteiger partial charge in [0.05, 0.1) is 12.2 Å². The summed E-state index contributed by atoms with van der Waals surface area (Å²) in [6.07, 6.45) is 2.05. The van der Waals surface area contributed by atoms with Crippen LogP contribution in [0.15, 0.2) is 18.2 Å². The van der Waals surface area contributed by atoms with Crippen LogP contribution in [-0.2, 0) is 6.42 Å². The minimum absolute atomic E-state index is 0.298. The fraction of sp³-hybridized carbons (Fsp3) is 0.500. The number of fused-ring (bicyclic) bond motifs is 1. The molecule has 1 aliphatic rings. The molecule has 0 spiro atoms. The highest BCUT2D eigenvalue weighted by Crippen LogP contribution is 2.30. The van der Waals surface area contributed by atoms with Crippen LogP contribution in [0.5, 0.6) is 5.75 Å². The van der Waals surface area contributed by atoms with Crippen LogP contribution in [0.3, 0.4) is 0 Å². The van der Waals surface area contributed by atoms with E-state index in [4.69, 9.17) is 4.74 Å². The van der Waals surface area contributed by atoms with Crippen molar-refractivity contribution in [3.8, 4) is 5.75 Å². The van der Waals surface area contributed by atoms with Crippen molar-refractivity contribution in [1.29, 1.82) is 0 Å². The standard InChI is InChI=1S/C12H16O2/c1-8-3-4-10-5-6-11(9(2)13)7-12(10)14-8/h5-9,13H,3-4H2,1-2H3. The number of benzene rings is 1. The molecule has 76 valence electrons. The van der Waals surface area contributed by atoms with Gasteiger partial charge in [0.25, 0.3) is 0 Å². The average molecular weight is 192 g/mol. The van der Waals surface area contributed by atoms with Crippen LogP contribution in [-0.4, -0.2) is 11.2 Å². The first-order chi connectivity index (χ1) is 6.66. The summed E-state index contributed by atoms with van der Waals surface area (Å²) in [4.78, 5) is 0. The third-order valence-electron chi connectivity index (χ3n) is 2.72. The second-order valence-electron chi connectivity index (χ2n) is 4.01. The third-order valence-corrected chi connectivity index (χ3v) is 2.72. The molecule has 2 atom stereocenters. The van der Waals surface area contributed by atoms with E-state index in [1.807, 2.05) is 12.1 Å². The number of rotatable bonds is 1. The summed E-state index contributed by atoms with van der Waals surface area (Å²) in [6.45, 7) is 3.85. The van der Waals surface area contributed by atoms with Gasteiger partial charge in [-0.15, -0.1) is 0 Å². The fourth-order valence-corrected chi connectivity index (χ4v) is 1.78. The molecule has 0 aliphatic carbocycles. The molecule has 0 amide bonds. The predicted molar refractivity (Wildman–Crippen MR) is 55.5 cm³/mol. The van der Waals surface area contributed by atoms with E-state index in [-0.39, 0.29) is 0 Å². The monoisotopic (exact) mass is 192 g/mol. The Morgan fingerprint density at radius 3 is 3.00 bits per heavy atom. The van der Waals surface area contributed by atoms with Gasteiger partial charge in [-0.2, -0.15) is 0 Å². The zero-order chi connectivity index (χ0) is 10.1. The molecule has 0 fully saturated rings. The van der Waals surface area contributed by atoms with Crippen LogP contribution in [0.2, 0.25) is 0 Å². The van der Waals surface area contributed by atoms with Gasteiger partial charge in [-0.05, 0) is 43.9 Å². The second-order valence-corrected chi connectivity index (χ2v) is 4.01. The Morgan fingerprint density at radius 1 is 1.50 bits per heavy atom. The zero-order valence-electron chi connectivity index (χ0n) is 8.66. The van der Waals surface area contributed by atoms with E-state index in [0.29, 0.717) is 6.10 Å². The Morgan fingerprint density at radius 2 is 2.29 bits per heavy atom. The normalized spacial score (nSPS) is 22.4. The summed E-state index contributed by atoms with van der Waals surface area (Å²) in [7, 11) is 0. The van der Waals surface area contributed by atoms with E-state index < -0.39 is 6.10 Å². The van der Waals surface area contributed by atoms with Gasteiger partial charge in [-0.25, -0.2) is 0 Å². The molecule has 0 bridgehead atoms. The first kappa shape index (κ1) is 9.53. The Balaban J connectivity index is 2.33. The summed E-state index contributed by atoms with van der Waals surface area (Å²) in [5, 5.41) is 9.44. The van der Waals surface area contributed by atoms with Crippen molar-refractivity contribution >= 4 is 0 Å². The number of aliphatic hydroxyl groups excluding tert-OH is 1. The van der Waals surface area contributed by atoms with Crippen molar-refractivity contribution in [3.05, 3.63) is 29.3 Å². The van der Waals surface area contributed by atoms with E-state index in [1.165, 1.54) is 5.56 Å². The quantitative estimate of drug-likeness (QED) is 0.740. The van der Waals surface area contributed by atoms with Crippen molar-refractivity contribution in [2.45, 2.75) is 38.9 Å². The zero-order valence-corrected chi connectivity index (χ0v) is 8.66. The molecule has 1 aromatic carbocycles. The predicted octanol–water partition coefficient (Wildman–Crippen LogP) is 2.45. The SMILES string of the molecule is CC1CCc2ccc(C(C)O)cc2O1. The number of hydrogen-bond donors (Lipinski definition) is 1. The lowest BCUT2D eigenvalue weighted by Crippen LogP contribution is -2.18. The van der Waals surface area contributed by atoms with Gasteiger partial charge < -0.3 is 9.84 Å². The molecule has 0 saturated carbocycles. The Hall–Kier alpha value is -1.02. The number of aliphatic hydroxyl groups is 1. The highest BCUT2D eigenvalue weighted by Gasteiger charge is 2.16. The molecule has 2 nitrogen and oxygen atoms in total. The van der Waals surface area contributed by atoms with E-state index in [9.17, 15) is 5.11 Å².